The molecule has 0 spiro atoms. The molecule has 0 saturated carbocycles. The molecule has 2 aromatic carbocycles. The maximum atomic E-state index is 13.2. The van der Waals surface area contributed by atoms with Crippen LogP contribution in [-0.4, -0.2) is 5.11 Å². The van der Waals surface area contributed by atoms with E-state index in [1.807, 2.05) is 0 Å². The molecule has 0 saturated heterocycles. The quantitative estimate of drug-likeness (QED) is 0.712. The van der Waals surface area contributed by atoms with Gasteiger partial charge in [-0.05, 0) is 41.5 Å². The molecule has 0 bridgehead atoms. The van der Waals surface area contributed by atoms with E-state index in [-0.39, 0.29) is 11.1 Å². The summed E-state index contributed by atoms with van der Waals surface area (Å²) in [5, 5.41) is 9.31. The van der Waals surface area contributed by atoms with E-state index >= 15 is 0 Å². The lowest BCUT2D eigenvalue weighted by Gasteiger charge is -2.12. The molecule has 0 unspecified atom stereocenters. The second-order valence-electron chi connectivity index (χ2n) is 4.46. The first-order valence-corrected chi connectivity index (χ1v) is 5.77. The molecule has 118 valence electrons. The number of phenolic OH excluding ortho intramolecular Hbond substituents is 1. The Bertz CT molecular complexity index is 701. The minimum atomic E-state index is -4.98. The molecule has 0 radical (unpaired) electrons. The van der Waals surface area contributed by atoms with Crippen LogP contribution in [0.2, 0.25) is 0 Å². The van der Waals surface area contributed by atoms with E-state index in [9.17, 15) is 35.8 Å². The number of alkyl halides is 6. The zero-order chi connectivity index (χ0) is 16.7. The molecule has 2 aromatic rings. The number of phenols is 1. The van der Waals surface area contributed by atoms with Crippen LogP contribution in [0.1, 0.15) is 11.1 Å². The van der Waals surface area contributed by atoms with Gasteiger partial charge in [-0.25, -0.2) is 4.39 Å². The van der Waals surface area contributed by atoms with Gasteiger partial charge in [0.1, 0.15) is 11.6 Å². The lowest BCUT2D eigenvalue weighted by atomic mass is 10.00. The van der Waals surface area contributed by atoms with Crippen molar-refractivity contribution in [3.63, 3.8) is 0 Å². The van der Waals surface area contributed by atoms with E-state index in [1.165, 1.54) is 0 Å². The molecule has 0 aliphatic carbocycles. The first-order chi connectivity index (χ1) is 9.98. The van der Waals surface area contributed by atoms with Crippen molar-refractivity contribution in [3.8, 4) is 16.9 Å². The van der Waals surface area contributed by atoms with Crippen LogP contribution >= 0.6 is 0 Å². The molecule has 0 aliphatic rings. The summed E-state index contributed by atoms with van der Waals surface area (Å²) >= 11 is 0. The van der Waals surface area contributed by atoms with Gasteiger partial charge in [-0.15, -0.1) is 0 Å². The highest BCUT2D eigenvalue weighted by atomic mass is 19.4. The molecule has 1 nitrogen and oxygen atoms in total. The fourth-order valence-electron chi connectivity index (χ4n) is 1.86. The molecule has 0 heterocycles. The lowest BCUT2D eigenvalue weighted by molar-refractivity contribution is -0.140. The zero-order valence-electron chi connectivity index (χ0n) is 10.6. The fraction of sp³-hybridized carbons (Fsp3) is 0.143. The summed E-state index contributed by atoms with van der Waals surface area (Å²) in [6.07, 6.45) is -9.76. The number of hydrogen-bond acceptors (Lipinski definition) is 1. The molecule has 2 rings (SSSR count). The Morgan fingerprint density at radius 3 is 1.91 bits per heavy atom. The van der Waals surface area contributed by atoms with E-state index in [0.717, 1.165) is 12.1 Å². The monoisotopic (exact) mass is 324 g/mol. The number of hydrogen-bond donors (Lipinski definition) is 1. The molecule has 0 atom stereocenters. The topological polar surface area (TPSA) is 20.2 Å². The van der Waals surface area contributed by atoms with E-state index in [2.05, 4.69) is 0 Å². The van der Waals surface area contributed by atoms with Crippen LogP contribution in [0.4, 0.5) is 30.7 Å². The van der Waals surface area contributed by atoms with Crippen molar-refractivity contribution in [3.05, 3.63) is 53.3 Å². The van der Waals surface area contributed by atoms with Gasteiger partial charge in [-0.3, -0.25) is 0 Å². The predicted octanol–water partition coefficient (Wildman–Crippen LogP) is 5.24. The first-order valence-electron chi connectivity index (χ1n) is 5.77. The van der Waals surface area contributed by atoms with Gasteiger partial charge in [0, 0.05) is 0 Å². The van der Waals surface area contributed by atoms with Gasteiger partial charge >= 0.3 is 12.4 Å². The Morgan fingerprint density at radius 1 is 0.727 bits per heavy atom. The van der Waals surface area contributed by atoms with E-state index < -0.39 is 35.0 Å². The van der Waals surface area contributed by atoms with E-state index in [4.69, 9.17) is 0 Å². The molecule has 8 heteroatoms. The largest absolute Gasteiger partial charge is 0.508 e. The molecule has 0 amide bonds. The number of benzene rings is 2. The smallest absolute Gasteiger partial charge is 0.419 e. The van der Waals surface area contributed by atoms with Crippen LogP contribution < -0.4 is 0 Å². The summed E-state index contributed by atoms with van der Waals surface area (Å²) in [6, 6.07) is 3.69. The fourth-order valence-corrected chi connectivity index (χ4v) is 1.86. The highest BCUT2D eigenvalue weighted by molar-refractivity contribution is 5.67. The summed E-state index contributed by atoms with van der Waals surface area (Å²) in [6.45, 7) is 0. The Morgan fingerprint density at radius 2 is 1.36 bits per heavy atom. The van der Waals surface area contributed by atoms with E-state index in [0.29, 0.717) is 24.3 Å². The van der Waals surface area contributed by atoms with Gasteiger partial charge in [-0.2, -0.15) is 26.3 Å². The average molecular weight is 324 g/mol. The maximum Gasteiger partial charge on any atom is 0.419 e. The van der Waals surface area contributed by atoms with Gasteiger partial charge in [0.25, 0.3) is 0 Å². The summed E-state index contributed by atoms with van der Waals surface area (Å²) in [5.74, 6) is -2.30. The third-order valence-electron chi connectivity index (χ3n) is 2.85. The van der Waals surface area contributed by atoms with Crippen LogP contribution in [0.25, 0.3) is 11.1 Å². The average Bonchev–Trinajstić information content (AvgIpc) is 2.36. The van der Waals surface area contributed by atoms with Crippen LogP contribution in [0.5, 0.6) is 5.75 Å². The normalized spacial score (nSPS) is 12.5. The first kappa shape index (κ1) is 16.1. The van der Waals surface area contributed by atoms with Crippen LogP contribution in [0.15, 0.2) is 36.4 Å². The Labute approximate surface area is 119 Å². The molecule has 1 N–H and O–H groups in total. The van der Waals surface area contributed by atoms with Crippen molar-refractivity contribution in [1.29, 1.82) is 0 Å². The number of rotatable bonds is 1. The Hall–Kier alpha value is -2.25. The van der Waals surface area contributed by atoms with Crippen LogP contribution in [0, 0.1) is 5.82 Å². The summed E-state index contributed by atoms with van der Waals surface area (Å²) in [4.78, 5) is 0. The van der Waals surface area contributed by atoms with Gasteiger partial charge in [0.15, 0.2) is 0 Å². The highest BCUT2D eigenvalue weighted by Gasteiger charge is 2.35. The zero-order valence-corrected chi connectivity index (χ0v) is 10.6. The van der Waals surface area contributed by atoms with Gasteiger partial charge in [-0.1, -0.05) is 6.07 Å². The minimum Gasteiger partial charge on any atom is -0.508 e. The lowest BCUT2D eigenvalue weighted by Crippen LogP contribution is -2.08. The van der Waals surface area contributed by atoms with Crippen molar-refractivity contribution >= 4 is 0 Å². The van der Waals surface area contributed by atoms with Crippen LogP contribution in [-0.2, 0) is 12.4 Å². The second kappa shape index (κ2) is 5.19. The Kier molecular flexibility index (Phi) is 3.80. The maximum absolute atomic E-state index is 13.2. The number of aromatic hydroxyl groups is 1. The molecule has 0 aromatic heterocycles. The third-order valence-corrected chi connectivity index (χ3v) is 2.85. The van der Waals surface area contributed by atoms with Gasteiger partial charge < -0.3 is 5.11 Å². The van der Waals surface area contributed by atoms with Crippen molar-refractivity contribution in [2.45, 2.75) is 12.4 Å². The minimum absolute atomic E-state index is 0.296. The van der Waals surface area contributed by atoms with Crippen LogP contribution in [0.3, 0.4) is 0 Å². The highest BCUT2D eigenvalue weighted by Crippen LogP contribution is 2.38. The predicted molar refractivity (Wildman–Crippen MR) is 63.5 cm³/mol. The third kappa shape index (κ3) is 3.32. The molecule has 0 aliphatic heterocycles. The molecule has 0 fully saturated rings. The second-order valence-corrected chi connectivity index (χ2v) is 4.46. The van der Waals surface area contributed by atoms with Crippen molar-refractivity contribution in [1.82, 2.24) is 0 Å². The van der Waals surface area contributed by atoms with Gasteiger partial charge in [0.05, 0.1) is 11.1 Å². The summed E-state index contributed by atoms with van der Waals surface area (Å²) in [5.41, 5.74) is -3.42. The SMILES string of the molecule is Oc1cc(-c2ccc(F)c(C(F)(F)F)c2)cc(C(F)(F)F)c1. The molecular weight excluding hydrogens is 317 g/mol. The van der Waals surface area contributed by atoms with Crippen molar-refractivity contribution in [2.75, 3.05) is 0 Å². The number of halogens is 7. The summed E-state index contributed by atoms with van der Waals surface area (Å²) in [7, 11) is 0. The summed E-state index contributed by atoms with van der Waals surface area (Å²) < 4.78 is 89.0. The molecule has 22 heavy (non-hydrogen) atoms. The standard InChI is InChI=1S/C14H7F7O/c15-12-2-1-7(5-11(12)14(19,20)21)8-3-9(13(16,17)18)6-10(22)4-8/h1-6,22H. The Balaban J connectivity index is 2.60. The van der Waals surface area contributed by atoms with E-state index in [1.54, 1.807) is 0 Å². The van der Waals surface area contributed by atoms with Crippen molar-refractivity contribution in [2.24, 2.45) is 0 Å². The van der Waals surface area contributed by atoms with Crippen molar-refractivity contribution < 1.29 is 35.8 Å². The van der Waals surface area contributed by atoms with Gasteiger partial charge in [0.2, 0.25) is 0 Å². The molecular formula is C14H7F7O.